The van der Waals surface area contributed by atoms with E-state index in [1.165, 1.54) is 4.52 Å². The van der Waals surface area contributed by atoms with Crippen molar-refractivity contribution in [3.05, 3.63) is 52.8 Å². The van der Waals surface area contributed by atoms with Gasteiger partial charge in [0, 0.05) is 5.56 Å². The number of benzene rings is 1. The van der Waals surface area contributed by atoms with E-state index in [0.29, 0.717) is 11.3 Å². The van der Waals surface area contributed by atoms with Gasteiger partial charge in [-0.05, 0) is 18.6 Å². The molecule has 1 N–H and O–H groups in total. The van der Waals surface area contributed by atoms with E-state index in [0.717, 1.165) is 11.1 Å². The zero-order valence-corrected chi connectivity index (χ0v) is 11.3. The molecule has 0 amide bonds. The first-order valence-electron chi connectivity index (χ1n) is 5.92. The van der Waals surface area contributed by atoms with Crippen LogP contribution < -0.4 is 0 Å². The number of carboxylic acids is 1. The second-order valence-electron chi connectivity index (χ2n) is 4.37. The molecule has 0 aliphatic carbocycles. The number of hydrogen-bond acceptors (Lipinski definition) is 3. The van der Waals surface area contributed by atoms with Crippen molar-refractivity contribution >= 4 is 23.2 Å². The first-order chi connectivity index (χ1) is 9.58. The molecule has 0 radical (unpaired) electrons. The third-order valence-corrected chi connectivity index (χ3v) is 3.36. The van der Waals surface area contributed by atoms with Crippen LogP contribution in [-0.2, 0) is 0 Å². The number of aryl methyl sites for hydroxylation is 1. The fourth-order valence-electron chi connectivity index (χ4n) is 2.03. The lowest BCUT2D eigenvalue weighted by Crippen LogP contribution is -2.06. The topological polar surface area (TPSA) is 67.5 Å². The lowest BCUT2D eigenvalue weighted by atomic mass is 10.1. The lowest BCUT2D eigenvalue weighted by molar-refractivity contribution is 0.0689. The van der Waals surface area contributed by atoms with E-state index < -0.39 is 5.97 Å². The van der Waals surface area contributed by atoms with Gasteiger partial charge in [0.25, 0.3) is 0 Å². The number of aromatic nitrogens is 3. The number of aromatic carboxylic acids is 1. The summed E-state index contributed by atoms with van der Waals surface area (Å²) >= 11 is 5.97. The fraction of sp³-hybridized carbons (Fsp3) is 0.0714. The van der Waals surface area contributed by atoms with Gasteiger partial charge in [0.1, 0.15) is 5.69 Å². The number of rotatable bonds is 2. The van der Waals surface area contributed by atoms with Crippen LogP contribution in [0, 0.1) is 6.92 Å². The molecule has 0 unspecified atom stereocenters. The lowest BCUT2D eigenvalue weighted by Gasteiger charge is -2.01. The number of imidazole rings is 1. The molecular formula is C14H10ClN3O2. The Kier molecular flexibility index (Phi) is 2.91. The van der Waals surface area contributed by atoms with Crippen LogP contribution in [0.2, 0.25) is 5.15 Å². The van der Waals surface area contributed by atoms with E-state index in [4.69, 9.17) is 11.6 Å². The zero-order chi connectivity index (χ0) is 14.3. The van der Waals surface area contributed by atoms with E-state index in [1.54, 1.807) is 13.0 Å². The Morgan fingerprint density at radius 1 is 1.30 bits per heavy atom. The summed E-state index contributed by atoms with van der Waals surface area (Å²) in [5.74, 6) is -1.09. The molecule has 5 nitrogen and oxygen atoms in total. The molecule has 0 spiro atoms. The maximum atomic E-state index is 11.5. The van der Waals surface area contributed by atoms with Crippen molar-refractivity contribution in [2.45, 2.75) is 6.92 Å². The molecule has 0 aliphatic rings. The summed E-state index contributed by atoms with van der Waals surface area (Å²) in [6, 6.07) is 10.9. The number of carbonyl (C=O) groups is 1. The molecular weight excluding hydrogens is 278 g/mol. The van der Waals surface area contributed by atoms with Crippen LogP contribution in [-0.4, -0.2) is 25.7 Å². The third-order valence-electron chi connectivity index (χ3n) is 2.99. The van der Waals surface area contributed by atoms with Crippen molar-refractivity contribution in [1.82, 2.24) is 14.6 Å². The monoisotopic (exact) mass is 287 g/mol. The van der Waals surface area contributed by atoms with Gasteiger partial charge in [0.05, 0.1) is 0 Å². The van der Waals surface area contributed by atoms with Crippen LogP contribution >= 0.6 is 11.6 Å². The Bertz CT molecular complexity index is 812. The highest BCUT2D eigenvalue weighted by Gasteiger charge is 2.21. The maximum absolute atomic E-state index is 11.5. The van der Waals surface area contributed by atoms with Crippen LogP contribution in [0.15, 0.2) is 36.4 Å². The third kappa shape index (κ3) is 1.92. The van der Waals surface area contributed by atoms with Crippen molar-refractivity contribution in [2.75, 3.05) is 0 Å². The SMILES string of the molecule is Cc1cc2nc(-c3ccccc3)c(C(=O)O)n2nc1Cl. The number of carboxylic acid groups (broad SMARTS) is 1. The standard InChI is InChI=1S/C14H10ClN3O2/c1-8-7-10-16-11(9-5-3-2-4-6-9)12(14(19)20)18(10)17-13(8)15/h2-7H,1H3,(H,19,20). The minimum atomic E-state index is -1.09. The van der Waals surface area contributed by atoms with E-state index in [-0.39, 0.29) is 10.8 Å². The van der Waals surface area contributed by atoms with Gasteiger partial charge in [-0.25, -0.2) is 14.3 Å². The Morgan fingerprint density at radius 3 is 2.65 bits per heavy atom. The Morgan fingerprint density at radius 2 is 2.00 bits per heavy atom. The van der Waals surface area contributed by atoms with Gasteiger partial charge < -0.3 is 5.11 Å². The molecule has 0 saturated carbocycles. The maximum Gasteiger partial charge on any atom is 0.356 e. The van der Waals surface area contributed by atoms with Gasteiger partial charge in [-0.3, -0.25) is 0 Å². The molecule has 2 aromatic heterocycles. The molecule has 0 fully saturated rings. The molecule has 0 aliphatic heterocycles. The van der Waals surface area contributed by atoms with Crippen molar-refractivity contribution < 1.29 is 9.90 Å². The second kappa shape index (κ2) is 4.61. The molecule has 3 rings (SSSR count). The molecule has 6 heteroatoms. The highest BCUT2D eigenvalue weighted by atomic mass is 35.5. The molecule has 1 aromatic carbocycles. The van der Waals surface area contributed by atoms with Crippen molar-refractivity contribution in [2.24, 2.45) is 0 Å². The average Bonchev–Trinajstić information content (AvgIpc) is 2.79. The van der Waals surface area contributed by atoms with Crippen LogP contribution in [0.5, 0.6) is 0 Å². The summed E-state index contributed by atoms with van der Waals surface area (Å²) in [5.41, 5.74) is 2.33. The van der Waals surface area contributed by atoms with Crippen LogP contribution in [0.1, 0.15) is 16.1 Å². The largest absolute Gasteiger partial charge is 0.476 e. The van der Waals surface area contributed by atoms with E-state index in [1.807, 2.05) is 30.3 Å². The summed E-state index contributed by atoms with van der Waals surface area (Å²) in [6.07, 6.45) is 0. The van der Waals surface area contributed by atoms with Crippen molar-refractivity contribution in [1.29, 1.82) is 0 Å². The molecule has 0 atom stereocenters. The number of hydrogen-bond donors (Lipinski definition) is 1. The molecule has 0 bridgehead atoms. The Labute approximate surface area is 119 Å². The minimum absolute atomic E-state index is 0.00750. The van der Waals surface area contributed by atoms with Gasteiger partial charge in [-0.15, -0.1) is 0 Å². The summed E-state index contributed by atoms with van der Waals surface area (Å²) < 4.78 is 1.26. The number of fused-ring (bicyclic) bond motifs is 1. The van der Waals surface area contributed by atoms with Crippen LogP contribution in [0.25, 0.3) is 16.9 Å². The first kappa shape index (κ1) is 12.6. The quantitative estimate of drug-likeness (QED) is 0.786. The smallest absolute Gasteiger partial charge is 0.356 e. The minimum Gasteiger partial charge on any atom is -0.476 e. The summed E-state index contributed by atoms with van der Waals surface area (Å²) in [5, 5.41) is 13.8. The predicted molar refractivity (Wildman–Crippen MR) is 75.1 cm³/mol. The average molecular weight is 288 g/mol. The number of halogens is 1. The first-order valence-corrected chi connectivity index (χ1v) is 6.30. The van der Waals surface area contributed by atoms with Gasteiger partial charge in [0.15, 0.2) is 16.5 Å². The van der Waals surface area contributed by atoms with Crippen LogP contribution in [0.3, 0.4) is 0 Å². The van der Waals surface area contributed by atoms with Gasteiger partial charge >= 0.3 is 5.97 Å². The van der Waals surface area contributed by atoms with Gasteiger partial charge in [0.2, 0.25) is 0 Å². The van der Waals surface area contributed by atoms with Crippen molar-refractivity contribution in [3.63, 3.8) is 0 Å². The van der Waals surface area contributed by atoms with E-state index >= 15 is 0 Å². The second-order valence-corrected chi connectivity index (χ2v) is 4.73. The zero-order valence-electron chi connectivity index (χ0n) is 10.5. The molecule has 20 heavy (non-hydrogen) atoms. The summed E-state index contributed by atoms with van der Waals surface area (Å²) in [4.78, 5) is 15.9. The predicted octanol–water partition coefficient (Wildman–Crippen LogP) is 3.06. The molecule has 100 valence electrons. The van der Waals surface area contributed by atoms with E-state index in [2.05, 4.69) is 10.1 Å². The normalized spacial score (nSPS) is 10.9. The fourth-order valence-corrected chi connectivity index (χ4v) is 2.16. The van der Waals surface area contributed by atoms with Gasteiger partial charge in [-0.1, -0.05) is 41.9 Å². The molecule has 2 heterocycles. The highest BCUT2D eigenvalue weighted by Crippen LogP contribution is 2.25. The van der Waals surface area contributed by atoms with Crippen molar-refractivity contribution in [3.8, 4) is 11.3 Å². The molecule has 3 aromatic rings. The highest BCUT2D eigenvalue weighted by molar-refractivity contribution is 6.30. The summed E-state index contributed by atoms with van der Waals surface area (Å²) in [7, 11) is 0. The van der Waals surface area contributed by atoms with E-state index in [9.17, 15) is 9.90 Å². The molecule has 0 saturated heterocycles. The summed E-state index contributed by atoms with van der Waals surface area (Å²) in [6.45, 7) is 1.80. The van der Waals surface area contributed by atoms with Crippen LogP contribution in [0.4, 0.5) is 0 Å². The Hall–Kier alpha value is -2.40. The Balaban J connectivity index is 2.38. The van der Waals surface area contributed by atoms with Gasteiger partial charge in [-0.2, -0.15) is 5.10 Å². The number of nitrogens with zero attached hydrogens (tertiary/aromatic N) is 3.